The number of nitrogens with one attached hydrogen (secondary N) is 1. The number of likely N-dealkylation sites (N-methyl/N-ethyl adjacent to an activating group) is 1. The minimum atomic E-state index is 0.0230. The Labute approximate surface area is 112 Å². The molecule has 2 aliphatic rings. The van der Waals surface area contributed by atoms with Crippen LogP contribution in [0.2, 0.25) is 0 Å². The molecule has 2 aliphatic carbocycles. The van der Waals surface area contributed by atoms with Crippen LogP contribution in [0.1, 0.15) is 45.4 Å². The normalized spacial score (nSPS) is 32.3. The topological polar surface area (TPSA) is 35.5 Å². The monoisotopic (exact) mass is 254 g/mol. The zero-order valence-electron chi connectivity index (χ0n) is 12.1. The van der Waals surface area contributed by atoms with Gasteiger partial charge in [0.1, 0.15) is 0 Å². The third-order valence-corrected chi connectivity index (χ3v) is 4.89. The minimum Gasteiger partial charge on any atom is -0.394 e. The predicted octanol–water partition coefficient (Wildman–Crippen LogP) is 1.86. The summed E-state index contributed by atoms with van der Waals surface area (Å²) in [5.41, 5.74) is 0.0230. The molecule has 3 nitrogen and oxygen atoms in total. The van der Waals surface area contributed by atoms with Crippen molar-refractivity contribution in [1.29, 1.82) is 0 Å². The van der Waals surface area contributed by atoms with Gasteiger partial charge in [0.05, 0.1) is 6.61 Å². The summed E-state index contributed by atoms with van der Waals surface area (Å²) in [5, 5.41) is 13.3. The molecule has 3 heteroatoms. The second-order valence-corrected chi connectivity index (χ2v) is 6.43. The summed E-state index contributed by atoms with van der Waals surface area (Å²) < 4.78 is 0. The van der Waals surface area contributed by atoms with E-state index in [1.54, 1.807) is 0 Å². The first kappa shape index (κ1) is 14.3. The fourth-order valence-corrected chi connectivity index (χ4v) is 3.62. The summed E-state index contributed by atoms with van der Waals surface area (Å²) in [5.74, 6) is 1.64. The third kappa shape index (κ3) is 3.46. The smallest absolute Gasteiger partial charge is 0.0616 e. The molecule has 0 aromatic heterocycles. The Bertz CT molecular complexity index is 255. The third-order valence-electron chi connectivity index (χ3n) is 4.89. The van der Waals surface area contributed by atoms with Gasteiger partial charge in [0.2, 0.25) is 0 Å². The van der Waals surface area contributed by atoms with Crippen LogP contribution in [-0.2, 0) is 0 Å². The molecule has 0 aromatic rings. The molecule has 0 bridgehead atoms. The van der Waals surface area contributed by atoms with E-state index in [4.69, 9.17) is 0 Å². The molecule has 2 atom stereocenters. The fourth-order valence-electron chi connectivity index (χ4n) is 3.62. The van der Waals surface area contributed by atoms with Gasteiger partial charge in [-0.2, -0.15) is 0 Å². The molecular formula is C15H30N2O. The molecule has 0 radical (unpaired) electrons. The first-order valence-corrected chi connectivity index (χ1v) is 7.74. The molecule has 0 amide bonds. The van der Waals surface area contributed by atoms with Crippen LogP contribution < -0.4 is 5.32 Å². The van der Waals surface area contributed by atoms with Gasteiger partial charge in [0.15, 0.2) is 0 Å². The van der Waals surface area contributed by atoms with E-state index >= 15 is 0 Å². The summed E-state index contributed by atoms with van der Waals surface area (Å²) in [6.45, 7) is 5.88. The van der Waals surface area contributed by atoms with Gasteiger partial charge in [0.25, 0.3) is 0 Å². The van der Waals surface area contributed by atoms with E-state index in [9.17, 15) is 5.11 Å². The lowest BCUT2D eigenvalue weighted by Crippen LogP contribution is -2.51. The van der Waals surface area contributed by atoms with Crippen LogP contribution in [-0.4, -0.2) is 48.8 Å². The summed E-state index contributed by atoms with van der Waals surface area (Å²) in [6, 6.07) is 0. The first-order chi connectivity index (χ1) is 8.70. The second-order valence-electron chi connectivity index (χ2n) is 6.43. The van der Waals surface area contributed by atoms with Gasteiger partial charge in [-0.3, -0.25) is 0 Å². The highest BCUT2D eigenvalue weighted by atomic mass is 16.3. The van der Waals surface area contributed by atoms with Crippen molar-refractivity contribution >= 4 is 0 Å². The van der Waals surface area contributed by atoms with E-state index in [2.05, 4.69) is 24.2 Å². The molecule has 2 saturated carbocycles. The molecule has 0 saturated heterocycles. The second kappa shape index (κ2) is 6.36. The van der Waals surface area contributed by atoms with Crippen LogP contribution in [0.5, 0.6) is 0 Å². The van der Waals surface area contributed by atoms with Crippen molar-refractivity contribution in [1.82, 2.24) is 10.2 Å². The number of nitrogens with zero attached hydrogens (tertiary/aromatic N) is 1. The molecule has 2 unspecified atom stereocenters. The number of hydrogen-bond donors (Lipinski definition) is 2. The molecule has 0 heterocycles. The van der Waals surface area contributed by atoms with Gasteiger partial charge in [-0.1, -0.05) is 13.3 Å². The fraction of sp³-hybridized carbons (Fsp3) is 1.00. The highest BCUT2D eigenvalue weighted by Gasteiger charge is 2.41. The van der Waals surface area contributed by atoms with Crippen molar-refractivity contribution in [2.45, 2.75) is 51.0 Å². The maximum Gasteiger partial charge on any atom is 0.0616 e. The average Bonchev–Trinajstić information content (AvgIpc) is 3.07. The van der Waals surface area contributed by atoms with E-state index in [0.29, 0.717) is 12.5 Å². The lowest BCUT2D eigenvalue weighted by atomic mass is 9.85. The summed E-state index contributed by atoms with van der Waals surface area (Å²) >= 11 is 0. The Kier molecular flexibility index (Phi) is 5.05. The quantitative estimate of drug-likeness (QED) is 0.694. The highest BCUT2D eigenvalue weighted by molar-refractivity contribution is 4.98. The number of aliphatic hydroxyl groups is 1. The van der Waals surface area contributed by atoms with Crippen molar-refractivity contribution in [3.63, 3.8) is 0 Å². The van der Waals surface area contributed by atoms with E-state index in [1.165, 1.54) is 45.2 Å². The van der Waals surface area contributed by atoms with Gasteiger partial charge in [-0.25, -0.2) is 0 Å². The highest BCUT2D eigenvalue weighted by Crippen LogP contribution is 2.38. The number of hydrogen-bond acceptors (Lipinski definition) is 3. The summed E-state index contributed by atoms with van der Waals surface area (Å²) in [7, 11) is 2.25. The van der Waals surface area contributed by atoms with E-state index in [0.717, 1.165) is 18.9 Å². The molecule has 0 aliphatic heterocycles. The van der Waals surface area contributed by atoms with E-state index in [1.807, 2.05) is 0 Å². The van der Waals surface area contributed by atoms with Gasteiger partial charge in [0, 0.05) is 12.1 Å². The summed E-state index contributed by atoms with van der Waals surface area (Å²) in [6.07, 6.45) is 7.80. The predicted molar refractivity (Wildman–Crippen MR) is 75.7 cm³/mol. The Morgan fingerprint density at radius 3 is 2.72 bits per heavy atom. The number of rotatable bonds is 8. The Morgan fingerprint density at radius 2 is 2.11 bits per heavy atom. The molecule has 2 rings (SSSR count). The first-order valence-electron chi connectivity index (χ1n) is 7.74. The van der Waals surface area contributed by atoms with Crippen LogP contribution in [0.3, 0.4) is 0 Å². The maximum absolute atomic E-state index is 9.76. The van der Waals surface area contributed by atoms with E-state index in [-0.39, 0.29) is 5.54 Å². The molecule has 106 valence electrons. The SMILES string of the molecule is CCNC1(CO)CCCC1CCN(C)CC1CC1. The van der Waals surface area contributed by atoms with Crippen LogP contribution in [0.25, 0.3) is 0 Å². The van der Waals surface area contributed by atoms with Crippen LogP contribution in [0.4, 0.5) is 0 Å². The largest absolute Gasteiger partial charge is 0.394 e. The standard InChI is InChI=1S/C15H30N2O/c1-3-16-15(12-18)9-4-5-14(15)8-10-17(2)11-13-6-7-13/h13-14,16,18H,3-12H2,1-2H3. The van der Waals surface area contributed by atoms with Gasteiger partial charge < -0.3 is 15.3 Å². The van der Waals surface area contributed by atoms with Crippen LogP contribution in [0.15, 0.2) is 0 Å². The van der Waals surface area contributed by atoms with Crippen molar-refractivity contribution in [2.75, 3.05) is 33.3 Å². The van der Waals surface area contributed by atoms with Gasteiger partial charge in [-0.05, 0) is 64.1 Å². The Balaban J connectivity index is 1.78. The van der Waals surface area contributed by atoms with Gasteiger partial charge in [-0.15, -0.1) is 0 Å². The van der Waals surface area contributed by atoms with Crippen molar-refractivity contribution in [2.24, 2.45) is 11.8 Å². The minimum absolute atomic E-state index is 0.0230. The van der Waals surface area contributed by atoms with Crippen molar-refractivity contribution in [3.05, 3.63) is 0 Å². The maximum atomic E-state index is 9.76. The molecule has 0 aromatic carbocycles. The molecule has 2 N–H and O–H groups in total. The number of aliphatic hydroxyl groups excluding tert-OH is 1. The zero-order chi connectivity index (χ0) is 13.0. The molecule has 18 heavy (non-hydrogen) atoms. The van der Waals surface area contributed by atoms with Gasteiger partial charge >= 0.3 is 0 Å². The lowest BCUT2D eigenvalue weighted by molar-refractivity contribution is 0.114. The molecular weight excluding hydrogens is 224 g/mol. The van der Waals surface area contributed by atoms with Crippen molar-refractivity contribution in [3.8, 4) is 0 Å². The van der Waals surface area contributed by atoms with Crippen LogP contribution >= 0.6 is 0 Å². The summed E-state index contributed by atoms with van der Waals surface area (Å²) in [4.78, 5) is 2.49. The van der Waals surface area contributed by atoms with Crippen LogP contribution in [0, 0.1) is 11.8 Å². The molecule has 0 spiro atoms. The zero-order valence-corrected chi connectivity index (χ0v) is 12.1. The van der Waals surface area contributed by atoms with E-state index < -0.39 is 0 Å². The Morgan fingerprint density at radius 1 is 1.33 bits per heavy atom. The van der Waals surface area contributed by atoms with Crippen molar-refractivity contribution < 1.29 is 5.11 Å². The lowest BCUT2D eigenvalue weighted by Gasteiger charge is -2.35. The molecule has 2 fully saturated rings. The Hall–Kier alpha value is -0.120. The average molecular weight is 254 g/mol.